The molecular formula is C20H20N2O3. The number of fused-ring (bicyclic) bond motifs is 5. The molecule has 5 nitrogen and oxygen atoms in total. The van der Waals surface area contributed by atoms with Crippen LogP contribution in [0.25, 0.3) is 0 Å². The number of carbonyl (C=O) groups is 2. The van der Waals surface area contributed by atoms with Gasteiger partial charge in [-0.2, -0.15) is 0 Å². The Morgan fingerprint density at radius 2 is 2.16 bits per heavy atom. The Morgan fingerprint density at radius 1 is 1.36 bits per heavy atom. The second-order valence-electron chi connectivity index (χ2n) is 8.22. The van der Waals surface area contributed by atoms with Gasteiger partial charge in [0.2, 0.25) is 11.8 Å². The zero-order chi connectivity index (χ0) is 17.1. The van der Waals surface area contributed by atoms with Crippen LogP contribution in [-0.4, -0.2) is 42.5 Å². The summed E-state index contributed by atoms with van der Waals surface area (Å²) in [5.74, 6) is 0.560. The Morgan fingerprint density at radius 3 is 2.96 bits per heavy atom. The summed E-state index contributed by atoms with van der Waals surface area (Å²) in [7, 11) is 1.88. The number of anilines is 1. The summed E-state index contributed by atoms with van der Waals surface area (Å²) >= 11 is 0. The van der Waals surface area contributed by atoms with Gasteiger partial charge in [-0.3, -0.25) is 9.59 Å². The lowest BCUT2D eigenvalue weighted by atomic mass is 9.51. The largest absolute Gasteiger partial charge is 0.376 e. The van der Waals surface area contributed by atoms with Crippen LogP contribution in [0.4, 0.5) is 5.69 Å². The molecule has 25 heavy (non-hydrogen) atoms. The van der Waals surface area contributed by atoms with E-state index in [0.717, 1.165) is 17.7 Å². The Balaban J connectivity index is 1.71. The van der Waals surface area contributed by atoms with Crippen molar-refractivity contribution >= 4 is 17.5 Å². The van der Waals surface area contributed by atoms with E-state index in [4.69, 9.17) is 4.74 Å². The highest BCUT2D eigenvalue weighted by atomic mass is 16.5. The third kappa shape index (κ3) is 1.14. The molecule has 0 radical (unpaired) electrons. The minimum Gasteiger partial charge on any atom is -0.376 e. The van der Waals surface area contributed by atoms with Crippen molar-refractivity contribution in [2.75, 3.05) is 19.0 Å². The van der Waals surface area contributed by atoms with Crippen LogP contribution in [0.2, 0.25) is 0 Å². The third-order valence-electron chi connectivity index (χ3n) is 7.85. The van der Waals surface area contributed by atoms with Crippen LogP contribution >= 0.6 is 0 Å². The maximum Gasteiger partial charge on any atom is 0.238 e. The molecule has 0 unspecified atom stereocenters. The number of hydrogen-bond donors (Lipinski definition) is 1. The zero-order valence-corrected chi connectivity index (χ0v) is 14.1. The third-order valence-corrected chi connectivity index (χ3v) is 7.85. The fourth-order valence-electron chi connectivity index (χ4n) is 7.17. The molecule has 2 amide bonds. The lowest BCUT2D eigenvalue weighted by Gasteiger charge is -2.53. The van der Waals surface area contributed by atoms with Gasteiger partial charge in [-0.05, 0) is 24.0 Å². The van der Waals surface area contributed by atoms with Gasteiger partial charge in [0.1, 0.15) is 5.41 Å². The van der Waals surface area contributed by atoms with Gasteiger partial charge in [0.25, 0.3) is 0 Å². The maximum absolute atomic E-state index is 13.4. The molecule has 2 saturated carbocycles. The number of para-hydroxylation sites is 1. The number of nitrogens with one attached hydrogen (secondary N) is 1. The first-order valence-electron chi connectivity index (χ1n) is 9.02. The van der Waals surface area contributed by atoms with Crippen molar-refractivity contribution in [1.29, 1.82) is 0 Å². The summed E-state index contributed by atoms with van der Waals surface area (Å²) in [6.07, 6.45) is 2.45. The van der Waals surface area contributed by atoms with Crippen molar-refractivity contribution in [3.05, 3.63) is 42.5 Å². The lowest BCUT2D eigenvalue weighted by molar-refractivity contribution is -0.167. The molecule has 6 rings (SSSR count). The smallest absolute Gasteiger partial charge is 0.238 e. The maximum atomic E-state index is 13.4. The van der Waals surface area contributed by atoms with Crippen molar-refractivity contribution in [2.24, 2.45) is 23.2 Å². The molecule has 5 heteroatoms. The van der Waals surface area contributed by atoms with Gasteiger partial charge in [0.05, 0.1) is 18.1 Å². The standard InChI is InChI=1S/C20H20N2O3/c1-3-19-12-8-14-20(11-6-4-5-7-13(11)21-17(20)23)16(19)15(10(12)9-25-14)22(2)18(19)24/h3-7,10,12,14-16H,1,8-9H2,2H3,(H,21,23)/t10-,12+,14+,15-,16-,19-,20-/m0/s1. The fraction of sp³-hybridized carbons (Fsp3) is 0.500. The molecule has 2 aliphatic carbocycles. The number of hydrogen-bond acceptors (Lipinski definition) is 3. The highest BCUT2D eigenvalue weighted by Crippen LogP contribution is 2.73. The summed E-state index contributed by atoms with van der Waals surface area (Å²) in [5, 5.41) is 3.08. The first-order chi connectivity index (χ1) is 12.1. The van der Waals surface area contributed by atoms with Crippen molar-refractivity contribution in [2.45, 2.75) is 24.0 Å². The van der Waals surface area contributed by atoms with Crippen molar-refractivity contribution in [1.82, 2.24) is 4.90 Å². The molecule has 1 aromatic rings. The molecule has 7 atom stereocenters. The van der Waals surface area contributed by atoms with E-state index in [1.165, 1.54) is 0 Å². The van der Waals surface area contributed by atoms with Gasteiger partial charge in [-0.15, -0.1) is 6.58 Å². The number of likely N-dealkylation sites (tertiary alicyclic amines) is 1. The van der Waals surface area contributed by atoms with Crippen LogP contribution in [0.15, 0.2) is 36.9 Å². The molecule has 128 valence electrons. The van der Waals surface area contributed by atoms with Crippen LogP contribution in [0.1, 0.15) is 12.0 Å². The summed E-state index contributed by atoms with van der Waals surface area (Å²) < 4.78 is 6.26. The minimum absolute atomic E-state index is 0.0102. The van der Waals surface area contributed by atoms with E-state index in [-0.39, 0.29) is 35.8 Å². The number of ether oxygens (including phenoxy) is 1. The summed E-state index contributed by atoms with van der Waals surface area (Å²) in [6.45, 7) is 4.70. The van der Waals surface area contributed by atoms with Gasteiger partial charge < -0.3 is 15.0 Å². The quantitative estimate of drug-likeness (QED) is 0.792. The Labute approximate surface area is 146 Å². The molecule has 1 N–H and O–H groups in total. The Bertz CT molecular complexity index is 866. The number of piperidine rings is 1. The Kier molecular flexibility index (Phi) is 2.24. The van der Waals surface area contributed by atoms with E-state index in [9.17, 15) is 9.59 Å². The second kappa shape index (κ2) is 3.98. The van der Waals surface area contributed by atoms with E-state index in [2.05, 4.69) is 11.9 Å². The molecular weight excluding hydrogens is 316 g/mol. The van der Waals surface area contributed by atoms with Crippen molar-refractivity contribution < 1.29 is 14.3 Å². The average molecular weight is 336 g/mol. The van der Waals surface area contributed by atoms with Crippen LogP contribution in [0.5, 0.6) is 0 Å². The SMILES string of the molecule is C=C[C@]12C(=O)N(C)[C@H]3[C@H]4CO[C@H](C[C@H]41)[C@]1(C(=O)Nc4ccccc41)[C@@H]32. The molecule has 5 bridgehead atoms. The van der Waals surface area contributed by atoms with Gasteiger partial charge >= 0.3 is 0 Å². The number of nitrogens with zero attached hydrogens (tertiary/aromatic N) is 1. The van der Waals surface area contributed by atoms with Gasteiger partial charge in [-0.1, -0.05) is 24.3 Å². The van der Waals surface area contributed by atoms with Crippen LogP contribution < -0.4 is 5.32 Å². The monoisotopic (exact) mass is 336 g/mol. The molecule has 1 spiro atoms. The highest BCUT2D eigenvalue weighted by Gasteiger charge is 2.82. The normalized spacial score (nSPS) is 48.2. The molecule has 3 heterocycles. The van der Waals surface area contributed by atoms with Crippen LogP contribution in [0.3, 0.4) is 0 Å². The average Bonchev–Trinajstić information content (AvgIpc) is 3.08. The highest BCUT2D eigenvalue weighted by molar-refractivity contribution is 6.09. The second-order valence-corrected chi connectivity index (χ2v) is 8.22. The lowest BCUT2D eigenvalue weighted by Crippen LogP contribution is -2.63. The number of amides is 2. The molecule has 3 aliphatic heterocycles. The zero-order valence-electron chi connectivity index (χ0n) is 14.1. The first-order valence-corrected chi connectivity index (χ1v) is 9.02. The van der Waals surface area contributed by atoms with Gasteiger partial charge in [0.15, 0.2) is 0 Å². The molecule has 5 aliphatic rings. The number of carbonyl (C=O) groups excluding carboxylic acids is 2. The van der Waals surface area contributed by atoms with E-state index in [0.29, 0.717) is 12.5 Å². The van der Waals surface area contributed by atoms with Crippen molar-refractivity contribution in [3.8, 4) is 0 Å². The van der Waals surface area contributed by atoms with Crippen molar-refractivity contribution in [3.63, 3.8) is 0 Å². The molecule has 2 saturated heterocycles. The summed E-state index contributed by atoms with van der Waals surface area (Å²) in [4.78, 5) is 28.5. The van der Waals surface area contributed by atoms with E-state index < -0.39 is 10.8 Å². The predicted octanol–water partition coefficient (Wildman–Crippen LogP) is 1.55. The molecule has 4 fully saturated rings. The van der Waals surface area contributed by atoms with Gasteiger partial charge in [-0.25, -0.2) is 0 Å². The van der Waals surface area contributed by atoms with Gasteiger partial charge in [0, 0.05) is 30.6 Å². The topological polar surface area (TPSA) is 58.6 Å². The first kappa shape index (κ1) is 14.1. The number of benzene rings is 1. The van der Waals surface area contributed by atoms with Crippen LogP contribution in [-0.2, 0) is 19.7 Å². The van der Waals surface area contributed by atoms with E-state index >= 15 is 0 Å². The number of rotatable bonds is 1. The minimum atomic E-state index is -0.794. The Hall–Kier alpha value is -2.14. The fourth-order valence-corrected chi connectivity index (χ4v) is 7.17. The summed E-state index contributed by atoms with van der Waals surface area (Å²) in [6, 6.07) is 7.93. The van der Waals surface area contributed by atoms with Crippen LogP contribution in [0, 0.1) is 23.2 Å². The predicted molar refractivity (Wildman–Crippen MR) is 90.8 cm³/mol. The molecule has 1 aromatic carbocycles. The molecule has 0 aromatic heterocycles. The van der Waals surface area contributed by atoms with E-state index in [1.54, 1.807) is 0 Å². The van der Waals surface area contributed by atoms with E-state index in [1.807, 2.05) is 42.3 Å². The summed E-state index contributed by atoms with van der Waals surface area (Å²) in [5.41, 5.74) is 0.422.